The quantitative estimate of drug-likeness (QED) is 0.890. The lowest BCUT2D eigenvalue weighted by Crippen LogP contribution is -2.29. The largest absolute Gasteiger partial charge is 0.497 e. The Balaban J connectivity index is 1.87. The van der Waals surface area contributed by atoms with Crippen LogP contribution in [-0.2, 0) is 11.3 Å². The van der Waals surface area contributed by atoms with Crippen molar-refractivity contribution in [2.24, 2.45) is 0 Å². The van der Waals surface area contributed by atoms with Crippen LogP contribution in [0.2, 0.25) is 0 Å². The van der Waals surface area contributed by atoms with Gasteiger partial charge in [0.15, 0.2) is 0 Å². The Morgan fingerprint density at radius 1 is 1.36 bits per heavy atom. The summed E-state index contributed by atoms with van der Waals surface area (Å²) in [6.45, 7) is 0.918. The fourth-order valence-electron chi connectivity index (χ4n) is 2.00. The number of hydrogen-bond donors (Lipinski definition) is 1. The highest BCUT2D eigenvalue weighted by molar-refractivity contribution is 7.14. The first-order valence-corrected chi connectivity index (χ1v) is 7.59. The van der Waals surface area contributed by atoms with Crippen LogP contribution in [0.3, 0.4) is 0 Å². The van der Waals surface area contributed by atoms with Gasteiger partial charge in [-0.25, -0.2) is 0 Å². The Bertz CT molecular complexity index is 673. The maximum atomic E-state index is 12.0. The minimum absolute atomic E-state index is 0.130. The molecule has 0 spiro atoms. The van der Waals surface area contributed by atoms with Crippen LogP contribution >= 0.6 is 11.3 Å². The second kappa shape index (κ2) is 7.59. The maximum absolute atomic E-state index is 12.0. The van der Waals surface area contributed by atoms with Crippen LogP contribution in [0.4, 0.5) is 5.00 Å². The number of carbonyl (C=O) groups excluding carboxylic acids is 1. The molecule has 1 heterocycles. The summed E-state index contributed by atoms with van der Waals surface area (Å²) < 4.78 is 5.12. The third kappa shape index (κ3) is 4.32. The summed E-state index contributed by atoms with van der Waals surface area (Å²) in [7, 11) is 3.51. The van der Waals surface area contributed by atoms with Gasteiger partial charge in [0.1, 0.15) is 16.8 Å². The molecule has 2 aromatic rings. The molecule has 5 nitrogen and oxygen atoms in total. The number of thiophene rings is 1. The van der Waals surface area contributed by atoms with E-state index >= 15 is 0 Å². The van der Waals surface area contributed by atoms with Gasteiger partial charge in [-0.2, -0.15) is 5.26 Å². The van der Waals surface area contributed by atoms with Crippen molar-refractivity contribution < 1.29 is 9.53 Å². The minimum atomic E-state index is -0.130. The molecule has 1 aromatic heterocycles. The van der Waals surface area contributed by atoms with Crippen LogP contribution in [0, 0.1) is 11.3 Å². The van der Waals surface area contributed by atoms with E-state index in [1.165, 1.54) is 11.3 Å². The number of likely N-dealkylation sites (N-methyl/N-ethyl adjacent to an activating group) is 1. The zero-order chi connectivity index (χ0) is 15.9. The fourth-order valence-corrected chi connectivity index (χ4v) is 2.76. The molecule has 0 saturated heterocycles. The van der Waals surface area contributed by atoms with Crippen molar-refractivity contribution in [3.05, 3.63) is 46.8 Å². The van der Waals surface area contributed by atoms with Crippen LogP contribution in [0.1, 0.15) is 11.1 Å². The number of rotatable bonds is 6. The van der Waals surface area contributed by atoms with Crippen molar-refractivity contribution >= 4 is 22.2 Å². The van der Waals surface area contributed by atoms with E-state index in [9.17, 15) is 4.79 Å². The molecule has 2 rings (SSSR count). The first-order valence-electron chi connectivity index (χ1n) is 6.71. The number of benzene rings is 1. The molecule has 1 amide bonds. The zero-order valence-corrected chi connectivity index (χ0v) is 13.3. The highest BCUT2D eigenvalue weighted by atomic mass is 32.1. The molecular weight excluding hydrogens is 298 g/mol. The number of nitrogens with zero attached hydrogens (tertiary/aromatic N) is 2. The maximum Gasteiger partial charge on any atom is 0.239 e. The number of carbonyl (C=O) groups is 1. The second-order valence-corrected chi connectivity index (χ2v) is 5.76. The molecule has 0 fully saturated rings. The number of nitriles is 1. The first-order chi connectivity index (χ1) is 10.6. The third-order valence-corrected chi connectivity index (χ3v) is 3.89. The van der Waals surface area contributed by atoms with Gasteiger partial charge in [0.2, 0.25) is 5.91 Å². The molecule has 0 atom stereocenters. The van der Waals surface area contributed by atoms with Crippen LogP contribution in [-0.4, -0.2) is 31.5 Å². The van der Waals surface area contributed by atoms with Crippen LogP contribution in [0.25, 0.3) is 0 Å². The highest BCUT2D eigenvalue weighted by Gasteiger charge is 2.11. The van der Waals surface area contributed by atoms with Gasteiger partial charge >= 0.3 is 0 Å². The van der Waals surface area contributed by atoms with E-state index in [0.717, 1.165) is 11.3 Å². The molecule has 0 unspecified atom stereocenters. The minimum Gasteiger partial charge on any atom is -0.497 e. The average molecular weight is 315 g/mol. The topological polar surface area (TPSA) is 65.4 Å². The summed E-state index contributed by atoms with van der Waals surface area (Å²) in [5.41, 5.74) is 1.60. The van der Waals surface area contributed by atoms with Gasteiger partial charge < -0.3 is 10.1 Å². The third-order valence-electron chi connectivity index (χ3n) is 3.06. The summed E-state index contributed by atoms with van der Waals surface area (Å²) in [6, 6.07) is 11.5. The number of methoxy groups -OCH3 is 1. The average Bonchev–Trinajstić information content (AvgIpc) is 2.94. The van der Waals surface area contributed by atoms with Crippen molar-refractivity contribution in [2.45, 2.75) is 6.54 Å². The molecule has 0 aliphatic heterocycles. The Morgan fingerprint density at radius 3 is 2.73 bits per heavy atom. The van der Waals surface area contributed by atoms with Crippen molar-refractivity contribution in [3.63, 3.8) is 0 Å². The predicted molar refractivity (Wildman–Crippen MR) is 87.0 cm³/mol. The Morgan fingerprint density at radius 2 is 2.09 bits per heavy atom. The van der Waals surface area contributed by atoms with E-state index < -0.39 is 0 Å². The molecule has 0 radical (unpaired) electrons. The van der Waals surface area contributed by atoms with Gasteiger partial charge in [0, 0.05) is 6.54 Å². The summed E-state index contributed by atoms with van der Waals surface area (Å²) in [6.07, 6.45) is 0. The van der Waals surface area contributed by atoms with E-state index in [1.54, 1.807) is 18.6 Å². The standard InChI is InChI=1S/C16H17N3O2S/c1-19(10-12-3-5-14(21-2)6-4-12)11-15(20)18-16-13(9-17)7-8-22-16/h3-8H,10-11H2,1-2H3,(H,18,20). The van der Waals surface area contributed by atoms with Crippen molar-refractivity contribution in [1.29, 1.82) is 5.26 Å². The van der Waals surface area contributed by atoms with E-state index in [0.29, 0.717) is 17.1 Å². The summed E-state index contributed by atoms with van der Waals surface area (Å²) in [5, 5.41) is 14.1. The summed E-state index contributed by atoms with van der Waals surface area (Å²) in [4.78, 5) is 13.9. The van der Waals surface area contributed by atoms with Crippen molar-refractivity contribution in [3.8, 4) is 11.8 Å². The Kier molecular flexibility index (Phi) is 5.53. The molecular formula is C16H17N3O2S. The van der Waals surface area contributed by atoms with Gasteiger partial charge in [0.05, 0.1) is 19.2 Å². The Labute approximate surface area is 133 Å². The SMILES string of the molecule is COc1ccc(CN(C)CC(=O)Nc2sccc2C#N)cc1. The molecule has 114 valence electrons. The lowest BCUT2D eigenvalue weighted by atomic mass is 10.2. The number of amides is 1. The predicted octanol–water partition coefficient (Wildman–Crippen LogP) is 2.70. The van der Waals surface area contributed by atoms with Gasteiger partial charge in [0.25, 0.3) is 0 Å². The number of nitrogens with one attached hydrogen (secondary N) is 1. The monoisotopic (exact) mass is 315 g/mol. The lowest BCUT2D eigenvalue weighted by molar-refractivity contribution is -0.117. The smallest absolute Gasteiger partial charge is 0.239 e. The first kappa shape index (κ1) is 16.0. The normalized spacial score (nSPS) is 10.3. The van der Waals surface area contributed by atoms with Gasteiger partial charge in [-0.3, -0.25) is 9.69 Å². The molecule has 0 saturated carbocycles. The van der Waals surface area contributed by atoms with Crippen molar-refractivity contribution in [1.82, 2.24) is 4.90 Å². The van der Waals surface area contributed by atoms with Crippen LogP contribution < -0.4 is 10.1 Å². The second-order valence-electron chi connectivity index (χ2n) is 4.84. The zero-order valence-electron chi connectivity index (χ0n) is 12.5. The molecule has 1 aromatic carbocycles. The number of ether oxygens (including phenoxy) is 1. The molecule has 6 heteroatoms. The fraction of sp³-hybridized carbons (Fsp3) is 0.250. The molecule has 0 bridgehead atoms. The van der Waals surface area contributed by atoms with Gasteiger partial charge in [-0.1, -0.05) is 12.1 Å². The van der Waals surface area contributed by atoms with E-state index in [1.807, 2.05) is 36.2 Å². The van der Waals surface area contributed by atoms with E-state index in [4.69, 9.17) is 10.00 Å². The summed E-state index contributed by atoms with van der Waals surface area (Å²) in [5.74, 6) is 0.681. The highest BCUT2D eigenvalue weighted by Crippen LogP contribution is 2.22. The number of anilines is 1. The Hall–Kier alpha value is -2.36. The van der Waals surface area contributed by atoms with Gasteiger partial charge in [-0.05, 0) is 36.2 Å². The lowest BCUT2D eigenvalue weighted by Gasteiger charge is -2.16. The van der Waals surface area contributed by atoms with E-state index in [2.05, 4.69) is 11.4 Å². The van der Waals surface area contributed by atoms with Crippen molar-refractivity contribution in [2.75, 3.05) is 26.0 Å². The van der Waals surface area contributed by atoms with Crippen LogP contribution in [0.5, 0.6) is 5.75 Å². The summed E-state index contributed by atoms with van der Waals surface area (Å²) >= 11 is 1.35. The number of hydrogen-bond acceptors (Lipinski definition) is 5. The van der Waals surface area contributed by atoms with E-state index in [-0.39, 0.29) is 12.5 Å². The molecule has 1 N–H and O–H groups in total. The molecule has 0 aliphatic rings. The van der Waals surface area contributed by atoms with Gasteiger partial charge in [-0.15, -0.1) is 11.3 Å². The molecule has 0 aliphatic carbocycles. The van der Waals surface area contributed by atoms with Crippen LogP contribution in [0.15, 0.2) is 35.7 Å². The molecule has 22 heavy (non-hydrogen) atoms.